The third kappa shape index (κ3) is 17.1. The van der Waals surface area contributed by atoms with Gasteiger partial charge in [-0.3, -0.25) is 9.74 Å². The second-order valence-electron chi connectivity index (χ2n) is 25.8. The molecule has 0 bridgehead atoms. The van der Waals surface area contributed by atoms with Crippen LogP contribution in [0.25, 0.3) is 32.7 Å². The number of imidazole rings is 1. The van der Waals surface area contributed by atoms with Crippen LogP contribution < -0.4 is 14.2 Å². The van der Waals surface area contributed by atoms with E-state index in [1.807, 2.05) is 59.1 Å². The quantitative estimate of drug-likeness (QED) is 0.0356. The standard InChI is InChI=1S/C27H33ClN2O2S.2C25H27ClN4O2/c1-31-22(17-30-12-14-33-15-13-30)18-32-21-9-6-19(7-10-21)23-4-2-3-5-24-25-16-20(28)8-11-26(25)29-27(23)24;1-31-30(16-29-13-12-27-15-29)17-32-20-9-6-18(7-10-20)21-4-2-3-5-22-23-14-19(26)8-11-24(23)28-25(21)22;1-31-20(15-30-13-12-27-29-30)16-32-19-9-6-17(7-10-19)21-4-2-3-5-22-23-14-18(26)8-11-24(23)28-25(21)22/h6-11,16,22-23,29H,2-5,12-15,17-18H2,1H3;6-15,21,28H,2-5,16-17H2,1H3;6-14,20-21,28H,2-5,15-16H2,1H3. The first-order chi connectivity index (χ1) is 47.6. The topological polar surface area (TPSA) is 158 Å². The number of thioether (sulfide) groups is 1. The van der Waals surface area contributed by atoms with Gasteiger partial charge in [0.2, 0.25) is 0 Å². The van der Waals surface area contributed by atoms with Crippen LogP contribution in [-0.4, -0.2) is 134 Å². The molecular weight excluding hydrogens is 1300 g/mol. The summed E-state index contributed by atoms with van der Waals surface area (Å²) in [5.41, 5.74) is 15.8. The molecule has 20 heteroatoms. The SMILES string of the molecule is COC(COc1ccc(C2CCCCc3c2[nH]c2ccc(Cl)cc32)cc1)CN1CCSCC1.COC(COc1ccc(C2CCCCc3c2[nH]c2ccc(Cl)cc32)cc1)Cn1ccnn1.CON(COc1ccc(C2CCCCc3c2[nH]c2ccc(Cl)cc32)cc1)Cn1ccnc1. The van der Waals surface area contributed by atoms with Crippen LogP contribution in [0.2, 0.25) is 15.1 Å². The lowest BCUT2D eigenvalue weighted by Crippen LogP contribution is -2.41. The number of hydrogen-bond donors (Lipinski definition) is 3. The van der Waals surface area contributed by atoms with Gasteiger partial charge in [0.25, 0.3) is 0 Å². The van der Waals surface area contributed by atoms with Gasteiger partial charge in [-0.2, -0.15) is 11.8 Å². The minimum Gasteiger partial charge on any atom is -0.491 e. The van der Waals surface area contributed by atoms with E-state index in [0.717, 1.165) is 90.5 Å². The van der Waals surface area contributed by atoms with Gasteiger partial charge in [-0.05, 0) is 182 Å². The summed E-state index contributed by atoms with van der Waals surface area (Å²) in [6, 6.07) is 44.1. The Morgan fingerprint density at radius 1 is 0.526 bits per heavy atom. The molecule has 0 saturated carbocycles. The number of hydrogen-bond acceptors (Lipinski definition) is 12. The smallest absolute Gasteiger partial charge is 0.166 e. The average molecular weight is 1390 g/mol. The van der Waals surface area contributed by atoms with Gasteiger partial charge in [-0.15, -0.1) is 10.2 Å². The molecule has 0 spiro atoms. The normalized spacial score (nSPS) is 17.9. The lowest BCUT2D eigenvalue weighted by Gasteiger charge is -2.29. The van der Waals surface area contributed by atoms with Crippen LogP contribution in [-0.2, 0) is 46.8 Å². The fourth-order valence-electron chi connectivity index (χ4n) is 14.4. The summed E-state index contributed by atoms with van der Waals surface area (Å²) in [5, 5.41) is 15.7. The highest BCUT2D eigenvalue weighted by Crippen LogP contribution is 2.43. The van der Waals surface area contributed by atoms with E-state index in [4.69, 9.17) is 63.3 Å². The summed E-state index contributed by atoms with van der Waals surface area (Å²) in [7, 11) is 5.11. The van der Waals surface area contributed by atoms with Crippen molar-refractivity contribution in [2.45, 2.75) is 120 Å². The number of aryl methyl sites for hydroxylation is 3. The molecule has 1 saturated heterocycles. The van der Waals surface area contributed by atoms with Gasteiger partial charge in [0.1, 0.15) is 49.3 Å². The van der Waals surface area contributed by atoms with E-state index >= 15 is 0 Å². The van der Waals surface area contributed by atoms with Crippen molar-refractivity contribution in [1.82, 2.24) is 49.5 Å². The Kier molecular flexibility index (Phi) is 23.2. The number of nitrogens with one attached hydrogen (secondary N) is 3. The fourth-order valence-corrected chi connectivity index (χ4v) is 15.9. The largest absolute Gasteiger partial charge is 0.491 e. The molecule has 5 unspecified atom stereocenters. The zero-order valence-corrected chi connectivity index (χ0v) is 58.7. The number of H-pyrrole nitrogens is 3. The Bertz CT molecular complexity index is 4080. The molecule has 1 fully saturated rings. The maximum Gasteiger partial charge on any atom is 0.166 e. The molecule has 16 nitrogen and oxygen atoms in total. The van der Waals surface area contributed by atoms with Crippen LogP contribution in [0.1, 0.15) is 126 Å². The number of aromatic amines is 3. The molecule has 4 aliphatic rings. The first-order valence-corrected chi connectivity index (χ1v) is 36.4. The van der Waals surface area contributed by atoms with Crippen molar-refractivity contribution < 1.29 is 28.5 Å². The maximum atomic E-state index is 6.31. The number of nitrogens with zero attached hydrogens (tertiary/aromatic N) is 7. The first kappa shape index (κ1) is 68.2. The van der Waals surface area contributed by atoms with Gasteiger partial charge in [0.15, 0.2) is 6.73 Å². The van der Waals surface area contributed by atoms with E-state index in [1.165, 1.54) is 133 Å². The van der Waals surface area contributed by atoms with Crippen LogP contribution in [0, 0.1) is 0 Å². The highest BCUT2D eigenvalue weighted by molar-refractivity contribution is 7.99. The lowest BCUT2D eigenvalue weighted by molar-refractivity contribution is -0.186. The van der Waals surface area contributed by atoms with E-state index < -0.39 is 0 Å². The van der Waals surface area contributed by atoms with Gasteiger partial charge in [-0.25, -0.2) is 9.67 Å². The minimum atomic E-state index is -0.0982. The third-order valence-electron chi connectivity index (χ3n) is 19.6. The van der Waals surface area contributed by atoms with Crippen LogP contribution in [0.15, 0.2) is 159 Å². The number of methoxy groups -OCH3 is 2. The fraction of sp³-hybridized carbons (Fsp3) is 0.390. The molecule has 6 aromatic carbocycles. The number of benzene rings is 6. The van der Waals surface area contributed by atoms with E-state index in [-0.39, 0.29) is 12.2 Å². The highest BCUT2D eigenvalue weighted by atomic mass is 35.5. The van der Waals surface area contributed by atoms with E-state index in [2.05, 4.69) is 132 Å². The van der Waals surface area contributed by atoms with Crippen molar-refractivity contribution in [3.05, 3.63) is 224 Å². The van der Waals surface area contributed by atoms with Crippen molar-refractivity contribution in [3.63, 3.8) is 0 Å². The van der Waals surface area contributed by atoms with Gasteiger partial charge in [0.05, 0.1) is 26.2 Å². The third-order valence-corrected chi connectivity index (χ3v) is 21.2. The molecular formula is C77H87Cl3N10O6S. The zero-order valence-electron chi connectivity index (χ0n) is 55.6. The van der Waals surface area contributed by atoms with Crippen molar-refractivity contribution in [1.29, 1.82) is 0 Å². The summed E-state index contributed by atoms with van der Waals surface area (Å²) in [5.74, 6) is 6.08. The van der Waals surface area contributed by atoms with Crippen molar-refractivity contribution in [3.8, 4) is 17.2 Å². The molecule has 508 valence electrons. The Hall–Kier alpha value is -7.29. The predicted octanol–water partition coefficient (Wildman–Crippen LogP) is 17.2. The molecule has 11 aromatic rings. The molecule has 6 heterocycles. The molecule has 3 N–H and O–H groups in total. The molecule has 1 aliphatic heterocycles. The number of hydroxylamine groups is 2. The van der Waals surface area contributed by atoms with Gasteiger partial charge < -0.3 is 43.2 Å². The van der Waals surface area contributed by atoms with Gasteiger partial charge >= 0.3 is 0 Å². The number of aromatic nitrogens is 8. The van der Waals surface area contributed by atoms with Crippen molar-refractivity contribution >= 4 is 79.3 Å². The Morgan fingerprint density at radius 3 is 1.37 bits per heavy atom. The second-order valence-corrected chi connectivity index (χ2v) is 28.3. The summed E-state index contributed by atoms with van der Waals surface area (Å²) >= 11 is 20.9. The second kappa shape index (κ2) is 33.0. The van der Waals surface area contributed by atoms with Crippen LogP contribution in [0.4, 0.5) is 0 Å². The number of fused-ring (bicyclic) bond motifs is 9. The van der Waals surface area contributed by atoms with E-state index in [1.54, 1.807) is 49.8 Å². The summed E-state index contributed by atoms with van der Waals surface area (Å²) < 4.78 is 33.0. The summed E-state index contributed by atoms with van der Waals surface area (Å²) in [6.07, 6.45) is 22.9. The Labute approximate surface area is 587 Å². The van der Waals surface area contributed by atoms with Crippen molar-refractivity contribution in [2.24, 2.45) is 0 Å². The number of halogens is 3. The van der Waals surface area contributed by atoms with Gasteiger partial charge in [-0.1, -0.05) is 95.7 Å². The average Bonchev–Trinajstić information content (AvgIpc) is 1.65. The van der Waals surface area contributed by atoms with Crippen LogP contribution in [0.3, 0.4) is 0 Å². The van der Waals surface area contributed by atoms with Crippen LogP contribution >= 0.6 is 46.6 Å². The molecule has 5 aromatic heterocycles. The molecule has 3 aliphatic carbocycles. The van der Waals surface area contributed by atoms with Crippen molar-refractivity contribution in [2.75, 3.05) is 72.4 Å². The van der Waals surface area contributed by atoms with E-state index in [0.29, 0.717) is 50.9 Å². The lowest BCUT2D eigenvalue weighted by atomic mass is 9.91. The number of ether oxygens (including phenoxy) is 5. The molecule has 15 rings (SSSR count). The minimum absolute atomic E-state index is 0.0929. The summed E-state index contributed by atoms with van der Waals surface area (Å²) in [4.78, 5) is 23.0. The molecule has 0 radical (unpaired) electrons. The zero-order chi connectivity index (χ0) is 66.5. The van der Waals surface area contributed by atoms with Gasteiger partial charge in [0, 0.05) is 147 Å². The predicted molar refractivity (Wildman–Crippen MR) is 390 cm³/mol. The Morgan fingerprint density at radius 2 is 0.969 bits per heavy atom. The van der Waals surface area contributed by atoms with Crippen LogP contribution in [0.5, 0.6) is 17.2 Å². The molecule has 0 amide bonds. The van der Waals surface area contributed by atoms with E-state index in [9.17, 15) is 0 Å². The molecule has 5 atom stereocenters. The Balaban J connectivity index is 0.000000131. The molecule has 97 heavy (non-hydrogen) atoms. The highest BCUT2D eigenvalue weighted by Gasteiger charge is 2.28. The first-order valence-electron chi connectivity index (χ1n) is 34.2. The summed E-state index contributed by atoms with van der Waals surface area (Å²) in [6.45, 7) is 5.72. The monoisotopic (exact) mass is 1380 g/mol. The number of rotatable bonds is 21. The maximum absolute atomic E-state index is 6.31.